The number of hydrogen-bond donors (Lipinski definition) is 1. The van der Waals surface area contributed by atoms with E-state index in [1.165, 1.54) is 0 Å². The van der Waals surface area contributed by atoms with E-state index in [-0.39, 0.29) is 11.8 Å². The van der Waals surface area contributed by atoms with E-state index in [0.29, 0.717) is 30.8 Å². The molecule has 2 rings (SSSR count). The molecule has 2 amide bonds. The Hall–Kier alpha value is -2.14. The second kappa shape index (κ2) is 7.75. The Bertz CT molecular complexity index is 617. The summed E-state index contributed by atoms with van der Waals surface area (Å²) in [5, 5.41) is 4.80. The molecule has 1 heterocycles. The van der Waals surface area contributed by atoms with Crippen LogP contribution >= 0.6 is 11.3 Å². The summed E-state index contributed by atoms with van der Waals surface area (Å²) in [6, 6.07) is 10.9. The lowest BCUT2D eigenvalue weighted by molar-refractivity contribution is -0.115. The van der Waals surface area contributed by atoms with Crippen LogP contribution in [0.5, 0.6) is 0 Å². The van der Waals surface area contributed by atoms with Crippen molar-refractivity contribution in [2.24, 2.45) is 0 Å². The van der Waals surface area contributed by atoms with Gasteiger partial charge in [0.1, 0.15) is 0 Å². The number of hydrogen-bond acceptors (Lipinski definition) is 3. The highest BCUT2D eigenvalue weighted by atomic mass is 32.1. The lowest BCUT2D eigenvalue weighted by atomic mass is 10.1. The first-order chi connectivity index (χ1) is 10.6. The van der Waals surface area contributed by atoms with E-state index in [0.717, 1.165) is 4.88 Å². The van der Waals surface area contributed by atoms with Crippen LogP contribution in [0.4, 0.5) is 5.69 Å². The number of carbonyl (C=O) groups is 2. The van der Waals surface area contributed by atoms with E-state index >= 15 is 0 Å². The molecule has 0 aliphatic rings. The Morgan fingerprint density at radius 1 is 1.09 bits per heavy atom. The summed E-state index contributed by atoms with van der Waals surface area (Å²) in [7, 11) is 0. The molecule has 5 heteroatoms. The zero-order chi connectivity index (χ0) is 15.9. The van der Waals surface area contributed by atoms with Crippen molar-refractivity contribution in [3.63, 3.8) is 0 Å². The van der Waals surface area contributed by atoms with Crippen LogP contribution in [0, 0.1) is 0 Å². The number of nitrogens with one attached hydrogen (secondary N) is 1. The Morgan fingerprint density at radius 3 is 2.32 bits per heavy atom. The van der Waals surface area contributed by atoms with Crippen LogP contribution < -0.4 is 5.32 Å². The molecule has 0 bridgehead atoms. The second-order valence-electron chi connectivity index (χ2n) is 4.86. The van der Waals surface area contributed by atoms with Gasteiger partial charge in [-0.25, -0.2) is 0 Å². The van der Waals surface area contributed by atoms with Crippen molar-refractivity contribution in [3.05, 3.63) is 52.2 Å². The van der Waals surface area contributed by atoms with Gasteiger partial charge in [0.15, 0.2) is 0 Å². The SMILES string of the molecule is CCN(CC)C(=O)c1ccc(NC(=O)Cc2cccs2)cc1. The fourth-order valence-corrected chi connectivity index (χ4v) is 2.87. The fraction of sp³-hybridized carbons (Fsp3) is 0.294. The molecular weight excluding hydrogens is 296 g/mol. The molecule has 4 nitrogen and oxygen atoms in total. The molecule has 0 aliphatic heterocycles. The van der Waals surface area contributed by atoms with Crippen LogP contribution in [0.3, 0.4) is 0 Å². The predicted molar refractivity (Wildman–Crippen MR) is 90.3 cm³/mol. The average molecular weight is 316 g/mol. The summed E-state index contributed by atoms with van der Waals surface area (Å²) >= 11 is 1.57. The monoisotopic (exact) mass is 316 g/mol. The summed E-state index contributed by atoms with van der Waals surface area (Å²) in [6.45, 7) is 5.30. The number of benzene rings is 1. The summed E-state index contributed by atoms with van der Waals surface area (Å²) in [6.07, 6.45) is 0.373. The maximum absolute atomic E-state index is 12.2. The van der Waals surface area contributed by atoms with Gasteiger partial charge in [-0.2, -0.15) is 0 Å². The number of nitrogens with zero attached hydrogens (tertiary/aromatic N) is 1. The van der Waals surface area contributed by atoms with Gasteiger partial charge in [0, 0.05) is 29.2 Å². The normalized spacial score (nSPS) is 10.3. The van der Waals surface area contributed by atoms with Crippen LogP contribution in [0.25, 0.3) is 0 Å². The zero-order valence-corrected chi connectivity index (χ0v) is 13.7. The summed E-state index contributed by atoms with van der Waals surface area (Å²) in [5.74, 6) is -0.0354. The molecular formula is C17H20N2O2S. The molecule has 1 N–H and O–H groups in total. The van der Waals surface area contributed by atoms with Crippen LogP contribution in [-0.4, -0.2) is 29.8 Å². The van der Waals surface area contributed by atoms with Gasteiger partial charge in [-0.15, -0.1) is 11.3 Å². The average Bonchev–Trinajstić information content (AvgIpc) is 3.02. The van der Waals surface area contributed by atoms with Gasteiger partial charge in [-0.05, 0) is 49.6 Å². The van der Waals surface area contributed by atoms with Crippen LogP contribution in [-0.2, 0) is 11.2 Å². The van der Waals surface area contributed by atoms with E-state index < -0.39 is 0 Å². The van der Waals surface area contributed by atoms with E-state index in [2.05, 4.69) is 5.32 Å². The lowest BCUT2D eigenvalue weighted by Crippen LogP contribution is -2.30. The molecule has 1 aromatic carbocycles. The van der Waals surface area contributed by atoms with Gasteiger partial charge in [-0.1, -0.05) is 6.07 Å². The molecule has 116 valence electrons. The van der Waals surface area contributed by atoms with Gasteiger partial charge >= 0.3 is 0 Å². The first kappa shape index (κ1) is 16.2. The van der Waals surface area contributed by atoms with Crippen molar-refractivity contribution in [3.8, 4) is 0 Å². The third-order valence-electron chi connectivity index (χ3n) is 3.38. The summed E-state index contributed by atoms with van der Waals surface area (Å²) in [4.78, 5) is 26.9. The molecule has 0 spiro atoms. The second-order valence-corrected chi connectivity index (χ2v) is 5.89. The van der Waals surface area contributed by atoms with Crippen molar-refractivity contribution in [1.29, 1.82) is 0 Å². The number of rotatable bonds is 6. The molecule has 22 heavy (non-hydrogen) atoms. The molecule has 0 saturated carbocycles. The standard InChI is InChI=1S/C17H20N2O2S/c1-3-19(4-2)17(21)13-7-9-14(10-8-13)18-16(20)12-15-6-5-11-22-15/h5-11H,3-4,12H2,1-2H3,(H,18,20). The molecule has 0 radical (unpaired) electrons. The Balaban J connectivity index is 1.97. The van der Waals surface area contributed by atoms with Gasteiger partial charge in [0.05, 0.1) is 6.42 Å². The molecule has 0 atom stereocenters. The van der Waals surface area contributed by atoms with E-state index in [1.54, 1.807) is 40.5 Å². The van der Waals surface area contributed by atoms with Crippen molar-refractivity contribution in [2.45, 2.75) is 20.3 Å². The number of carbonyl (C=O) groups excluding carboxylic acids is 2. The Kier molecular flexibility index (Phi) is 5.72. The van der Waals surface area contributed by atoms with Crippen molar-refractivity contribution in [2.75, 3.05) is 18.4 Å². The minimum absolute atomic E-state index is 0.0152. The third-order valence-corrected chi connectivity index (χ3v) is 4.26. The minimum atomic E-state index is -0.0507. The first-order valence-electron chi connectivity index (χ1n) is 7.35. The highest BCUT2D eigenvalue weighted by Crippen LogP contribution is 2.14. The minimum Gasteiger partial charge on any atom is -0.339 e. The first-order valence-corrected chi connectivity index (χ1v) is 8.23. The Labute approximate surface area is 134 Å². The van der Waals surface area contributed by atoms with Crippen LogP contribution in [0.1, 0.15) is 29.1 Å². The Morgan fingerprint density at radius 2 is 1.77 bits per heavy atom. The highest BCUT2D eigenvalue weighted by molar-refractivity contribution is 7.10. The van der Waals surface area contributed by atoms with Gasteiger partial charge in [-0.3, -0.25) is 9.59 Å². The van der Waals surface area contributed by atoms with E-state index in [4.69, 9.17) is 0 Å². The van der Waals surface area contributed by atoms with Crippen molar-refractivity contribution in [1.82, 2.24) is 4.90 Å². The topological polar surface area (TPSA) is 49.4 Å². The maximum atomic E-state index is 12.2. The lowest BCUT2D eigenvalue weighted by Gasteiger charge is -2.18. The smallest absolute Gasteiger partial charge is 0.253 e. The van der Waals surface area contributed by atoms with E-state index in [9.17, 15) is 9.59 Å². The molecule has 0 saturated heterocycles. The van der Waals surface area contributed by atoms with Crippen molar-refractivity contribution < 1.29 is 9.59 Å². The van der Waals surface area contributed by atoms with Crippen LogP contribution in [0.15, 0.2) is 41.8 Å². The zero-order valence-electron chi connectivity index (χ0n) is 12.8. The number of anilines is 1. The highest BCUT2D eigenvalue weighted by Gasteiger charge is 2.12. The van der Waals surface area contributed by atoms with Gasteiger partial charge in [0.2, 0.25) is 5.91 Å². The largest absolute Gasteiger partial charge is 0.339 e. The number of amides is 2. The van der Waals surface area contributed by atoms with Crippen LogP contribution in [0.2, 0.25) is 0 Å². The molecule has 0 aliphatic carbocycles. The van der Waals surface area contributed by atoms with E-state index in [1.807, 2.05) is 31.4 Å². The fourth-order valence-electron chi connectivity index (χ4n) is 2.17. The molecule has 0 unspecified atom stereocenters. The summed E-state index contributed by atoms with van der Waals surface area (Å²) in [5.41, 5.74) is 1.35. The summed E-state index contributed by atoms with van der Waals surface area (Å²) < 4.78 is 0. The van der Waals surface area contributed by atoms with Gasteiger partial charge < -0.3 is 10.2 Å². The van der Waals surface area contributed by atoms with Crippen molar-refractivity contribution >= 4 is 28.8 Å². The predicted octanol–water partition coefficient (Wildman–Crippen LogP) is 3.41. The third kappa shape index (κ3) is 4.18. The molecule has 0 fully saturated rings. The van der Waals surface area contributed by atoms with Gasteiger partial charge in [0.25, 0.3) is 5.91 Å². The number of thiophene rings is 1. The maximum Gasteiger partial charge on any atom is 0.253 e. The molecule has 2 aromatic rings. The quantitative estimate of drug-likeness (QED) is 0.888. The molecule has 1 aromatic heterocycles.